The lowest BCUT2D eigenvalue weighted by Gasteiger charge is -2.04. The molecule has 0 N–H and O–H groups in total. The van der Waals surface area contributed by atoms with Gasteiger partial charge in [-0.25, -0.2) is 9.78 Å². The van der Waals surface area contributed by atoms with Crippen LogP contribution in [0, 0.1) is 0 Å². The summed E-state index contributed by atoms with van der Waals surface area (Å²) in [4.78, 5) is 20.1. The number of hydrogen-bond donors (Lipinski definition) is 0. The molecule has 2 aromatic heterocycles. The highest BCUT2D eigenvalue weighted by atomic mass is 79.9. The summed E-state index contributed by atoms with van der Waals surface area (Å²) in [6.45, 7) is 2.13. The van der Waals surface area contributed by atoms with E-state index in [9.17, 15) is 4.79 Å². The number of hydrogen-bond acceptors (Lipinski definition) is 4. The molecule has 2 aromatic rings. The van der Waals surface area contributed by atoms with Gasteiger partial charge in [0, 0.05) is 6.20 Å². The molecule has 2 heterocycles. The summed E-state index contributed by atoms with van der Waals surface area (Å²) in [6, 6.07) is 8.83. The van der Waals surface area contributed by atoms with Crippen molar-refractivity contribution in [3.05, 3.63) is 46.7 Å². The summed E-state index contributed by atoms with van der Waals surface area (Å²) in [7, 11) is 0. The largest absolute Gasteiger partial charge is 0.462 e. The molecular weight excluding hydrogens is 296 g/mol. The van der Waals surface area contributed by atoms with Gasteiger partial charge in [-0.15, -0.1) is 0 Å². The Balaban J connectivity index is 2.35. The number of carbonyl (C=O) groups excluding carboxylic acids is 1. The molecule has 0 unspecified atom stereocenters. The van der Waals surface area contributed by atoms with Gasteiger partial charge in [-0.1, -0.05) is 6.07 Å². The molecule has 4 nitrogen and oxygen atoms in total. The van der Waals surface area contributed by atoms with Gasteiger partial charge in [0.25, 0.3) is 0 Å². The van der Waals surface area contributed by atoms with Crippen LogP contribution in [0.15, 0.2) is 41.1 Å². The highest BCUT2D eigenvalue weighted by Crippen LogP contribution is 2.18. The van der Waals surface area contributed by atoms with Crippen molar-refractivity contribution in [1.82, 2.24) is 9.97 Å². The minimum Gasteiger partial charge on any atom is -0.462 e. The van der Waals surface area contributed by atoms with E-state index in [4.69, 9.17) is 4.74 Å². The van der Waals surface area contributed by atoms with E-state index in [1.54, 1.807) is 25.3 Å². The summed E-state index contributed by atoms with van der Waals surface area (Å²) in [5.41, 5.74) is 1.82. The van der Waals surface area contributed by atoms with Crippen LogP contribution in [0.25, 0.3) is 11.4 Å². The molecule has 0 spiro atoms. The highest BCUT2D eigenvalue weighted by Gasteiger charge is 2.09. The van der Waals surface area contributed by atoms with Crippen molar-refractivity contribution in [2.24, 2.45) is 0 Å². The second-order valence-electron chi connectivity index (χ2n) is 3.50. The fraction of sp³-hybridized carbons (Fsp3) is 0.154. The van der Waals surface area contributed by atoms with Crippen LogP contribution in [-0.2, 0) is 4.74 Å². The van der Waals surface area contributed by atoms with Gasteiger partial charge in [0.15, 0.2) is 0 Å². The van der Waals surface area contributed by atoms with Gasteiger partial charge in [-0.2, -0.15) is 0 Å². The van der Waals surface area contributed by atoms with Crippen LogP contribution >= 0.6 is 15.9 Å². The average molecular weight is 307 g/mol. The number of pyridine rings is 2. The van der Waals surface area contributed by atoms with E-state index in [2.05, 4.69) is 25.9 Å². The van der Waals surface area contributed by atoms with E-state index >= 15 is 0 Å². The SMILES string of the molecule is CCOC(=O)c1ccnc(-c2cccc(Br)n2)c1. The van der Waals surface area contributed by atoms with Gasteiger partial charge in [0.05, 0.1) is 23.6 Å². The third-order valence-electron chi connectivity index (χ3n) is 2.25. The average Bonchev–Trinajstić information content (AvgIpc) is 2.39. The molecular formula is C13H11BrN2O2. The standard InChI is InChI=1S/C13H11BrN2O2/c1-2-18-13(17)9-6-7-15-11(8-9)10-4-3-5-12(14)16-10/h3-8H,2H2,1H3. The van der Waals surface area contributed by atoms with Crippen molar-refractivity contribution in [3.8, 4) is 11.4 Å². The van der Waals surface area contributed by atoms with Crippen LogP contribution in [0.4, 0.5) is 0 Å². The van der Waals surface area contributed by atoms with Crippen LogP contribution < -0.4 is 0 Å². The second-order valence-corrected chi connectivity index (χ2v) is 4.31. The molecule has 5 heteroatoms. The summed E-state index contributed by atoms with van der Waals surface area (Å²) < 4.78 is 5.67. The minimum absolute atomic E-state index is 0.351. The predicted molar refractivity (Wildman–Crippen MR) is 71.1 cm³/mol. The maximum Gasteiger partial charge on any atom is 0.338 e. The van der Waals surface area contributed by atoms with Gasteiger partial charge < -0.3 is 4.74 Å². The molecule has 0 amide bonds. The number of carbonyl (C=O) groups is 1. The molecule has 0 radical (unpaired) electrons. The molecule has 18 heavy (non-hydrogen) atoms. The predicted octanol–water partition coefficient (Wildman–Crippen LogP) is 3.08. The third-order valence-corrected chi connectivity index (χ3v) is 2.69. The van der Waals surface area contributed by atoms with E-state index in [0.29, 0.717) is 23.6 Å². The van der Waals surface area contributed by atoms with Gasteiger partial charge in [-0.3, -0.25) is 4.98 Å². The Hall–Kier alpha value is -1.75. The Bertz CT molecular complexity index is 572. The van der Waals surface area contributed by atoms with Crippen LogP contribution in [0.5, 0.6) is 0 Å². The molecule has 0 bridgehead atoms. The maximum atomic E-state index is 11.6. The molecule has 0 aliphatic heterocycles. The van der Waals surface area contributed by atoms with Crippen molar-refractivity contribution >= 4 is 21.9 Å². The topological polar surface area (TPSA) is 52.1 Å². The minimum atomic E-state index is -0.351. The lowest BCUT2D eigenvalue weighted by atomic mass is 10.2. The van der Waals surface area contributed by atoms with Crippen LogP contribution in [0.2, 0.25) is 0 Å². The normalized spacial score (nSPS) is 10.1. The highest BCUT2D eigenvalue weighted by molar-refractivity contribution is 9.10. The van der Waals surface area contributed by atoms with Crippen molar-refractivity contribution < 1.29 is 9.53 Å². The van der Waals surface area contributed by atoms with Crippen molar-refractivity contribution in [2.45, 2.75) is 6.92 Å². The third kappa shape index (κ3) is 2.92. The second kappa shape index (κ2) is 5.73. The zero-order valence-electron chi connectivity index (χ0n) is 9.76. The first-order valence-corrected chi connectivity index (χ1v) is 6.26. The summed E-state index contributed by atoms with van der Waals surface area (Å²) in [5.74, 6) is -0.351. The zero-order chi connectivity index (χ0) is 13.0. The van der Waals surface area contributed by atoms with Crippen LogP contribution in [0.1, 0.15) is 17.3 Å². The number of halogens is 1. The Labute approximate surface area is 113 Å². The molecule has 0 saturated carbocycles. The maximum absolute atomic E-state index is 11.6. The quantitative estimate of drug-likeness (QED) is 0.646. The number of aromatic nitrogens is 2. The van der Waals surface area contributed by atoms with E-state index in [1.165, 1.54) is 0 Å². The Kier molecular flexibility index (Phi) is 4.04. The fourth-order valence-electron chi connectivity index (χ4n) is 1.46. The Morgan fingerprint density at radius 1 is 1.33 bits per heavy atom. The Morgan fingerprint density at radius 3 is 2.89 bits per heavy atom. The van der Waals surface area contributed by atoms with Crippen LogP contribution in [-0.4, -0.2) is 22.5 Å². The molecule has 2 rings (SSSR count). The summed E-state index contributed by atoms with van der Waals surface area (Å²) >= 11 is 3.30. The van der Waals surface area contributed by atoms with Gasteiger partial charge in [0.1, 0.15) is 4.60 Å². The molecule has 0 aliphatic carbocycles. The Morgan fingerprint density at radius 2 is 2.17 bits per heavy atom. The number of esters is 1. The molecule has 92 valence electrons. The molecule has 0 fully saturated rings. The van der Waals surface area contributed by atoms with E-state index in [1.807, 2.05) is 18.2 Å². The molecule has 0 atom stereocenters. The lowest BCUT2D eigenvalue weighted by Crippen LogP contribution is -2.05. The number of ether oxygens (including phenoxy) is 1. The zero-order valence-corrected chi connectivity index (χ0v) is 11.3. The van der Waals surface area contributed by atoms with E-state index < -0.39 is 0 Å². The molecule has 0 aliphatic rings. The van der Waals surface area contributed by atoms with Crippen molar-refractivity contribution in [2.75, 3.05) is 6.61 Å². The van der Waals surface area contributed by atoms with E-state index in [0.717, 1.165) is 4.60 Å². The molecule has 0 aromatic carbocycles. The first-order chi connectivity index (χ1) is 8.70. The van der Waals surface area contributed by atoms with Gasteiger partial charge >= 0.3 is 5.97 Å². The smallest absolute Gasteiger partial charge is 0.338 e. The summed E-state index contributed by atoms with van der Waals surface area (Å²) in [5, 5.41) is 0. The van der Waals surface area contributed by atoms with Gasteiger partial charge in [0.2, 0.25) is 0 Å². The monoisotopic (exact) mass is 306 g/mol. The van der Waals surface area contributed by atoms with Gasteiger partial charge in [-0.05, 0) is 47.1 Å². The number of nitrogens with zero attached hydrogens (tertiary/aromatic N) is 2. The summed E-state index contributed by atoms with van der Waals surface area (Å²) in [6.07, 6.45) is 1.57. The van der Waals surface area contributed by atoms with Crippen molar-refractivity contribution in [3.63, 3.8) is 0 Å². The van der Waals surface area contributed by atoms with Crippen molar-refractivity contribution in [1.29, 1.82) is 0 Å². The lowest BCUT2D eigenvalue weighted by molar-refractivity contribution is 0.0526. The first-order valence-electron chi connectivity index (χ1n) is 5.47. The first kappa shape index (κ1) is 12.7. The number of rotatable bonds is 3. The van der Waals surface area contributed by atoms with E-state index in [-0.39, 0.29) is 5.97 Å². The molecule has 0 saturated heterocycles. The fourth-order valence-corrected chi connectivity index (χ4v) is 1.81. The van der Waals surface area contributed by atoms with Crippen LogP contribution in [0.3, 0.4) is 0 Å².